The van der Waals surface area contributed by atoms with Gasteiger partial charge >= 0.3 is 0 Å². The van der Waals surface area contributed by atoms with Crippen molar-refractivity contribution in [3.63, 3.8) is 0 Å². The van der Waals surface area contributed by atoms with E-state index in [2.05, 4.69) is 20.9 Å². The molecule has 18 heavy (non-hydrogen) atoms. The lowest BCUT2D eigenvalue weighted by molar-refractivity contribution is 0.108. The maximum atomic E-state index is 11.9. The predicted octanol–water partition coefficient (Wildman–Crippen LogP) is 3.59. The third-order valence-electron chi connectivity index (χ3n) is 2.12. The van der Waals surface area contributed by atoms with E-state index in [-0.39, 0.29) is 16.5 Å². The Balaban J connectivity index is 2.16. The van der Waals surface area contributed by atoms with E-state index in [1.54, 1.807) is 18.2 Å². The van der Waals surface area contributed by atoms with E-state index >= 15 is 0 Å². The lowest BCUT2D eigenvalue weighted by Crippen LogP contribution is -1.99. The van der Waals surface area contributed by atoms with Crippen LogP contribution >= 0.6 is 27.7 Å². The molecule has 2 aromatic rings. The van der Waals surface area contributed by atoms with Gasteiger partial charge in [0, 0.05) is 9.37 Å². The molecule has 0 unspecified atom stereocenters. The minimum atomic E-state index is -0.180. The number of thioether (sulfide) groups is 1. The fourth-order valence-electron chi connectivity index (χ4n) is 1.29. The number of carbonyl (C=O) groups is 2. The Morgan fingerprint density at radius 3 is 2.56 bits per heavy atom. The van der Waals surface area contributed by atoms with Crippen LogP contribution in [0.2, 0.25) is 0 Å². The summed E-state index contributed by atoms with van der Waals surface area (Å²) in [4.78, 5) is 27.3. The SMILES string of the molecule is O=Cc1cccc(C(=O)Sc2ccc(Br)cc2)n1. The van der Waals surface area contributed by atoms with Crippen LogP contribution in [0.3, 0.4) is 0 Å². The van der Waals surface area contributed by atoms with Gasteiger partial charge in [-0.05, 0) is 48.2 Å². The second kappa shape index (κ2) is 5.93. The molecule has 3 nitrogen and oxygen atoms in total. The number of rotatable bonds is 3. The van der Waals surface area contributed by atoms with Gasteiger partial charge in [-0.15, -0.1) is 0 Å². The molecule has 0 saturated heterocycles. The van der Waals surface area contributed by atoms with Crippen LogP contribution in [0.25, 0.3) is 0 Å². The molecule has 0 aliphatic rings. The van der Waals surface area contributed by atoms with E-state index in [1.165, 1.54) is 0 Å². The van der Waals surface area contributed by atoms with Crippen molar-refractivity contribution in [1.29, 1.82) is 0 Å². The average Bonchev–Trinajstić information content (AvgIpc) is 2.41. The molecule has 0 amide bonds. The first-order chi connectivity index (χ1) is 8.69. The number of carbonyl (C=O) groups excluding carboxylic acids is 2. The van der Waals surface area contributed by atoms with Gasteiger partial charge in [0.05, 0.1) is 0 Å². The molecule has 0 fully saturated rings. The number of hydrogen-bond acceptors (Lipinski definition) is 4. The Hall–Kier alpha value is -1.46. The highest BCUT2D eigenvalue weighted by Crippen LogP contribution is 2.23. The Labute approximate surface area is 117 Å². The van der Waals surface area contributed by atoms with E-state index in [0.29, 0.717) is 6.29 Å². The van der Waals surface area contributed by atoms with Gasteiger partial charge in [-0.3, -0.25) is 9.59 Å². The van der Waals surface area contributed by atoms with Crippen LogP contribution in [0.1, 0.15) is 21.0 Å². The predicted molar refractivity (Wildman–Crippen MR) is 74.0 cm³/mol. The third-order valence-corrected chi connectivity index (χ3v) is 3.56. The van der Waals surface area contributed by atoms with Gasteiger partial charge in [0.15, 0.2) is 6.29 Å². The maximum absolute atomic E-state index is 11.9. The monoisotopic (exact) mass is 321 g/mol. The molecular weight excluding hydrogens is 314 g/mol. The molecule has 1 aromatic carbocycles. The standard InChI is InChI=1S/C13H8BrNO2S/c14-9-4-6-11(7-5-9)18-13(17)12-3-1-2-10(8-16)15-12/h1-8H. The number of aromatic nitrogens is 1. The first kappa shape index (κ1) is 13.0. The molecule has 1 heterocycles. The average molecular weight is 322 g/mol. The summed E-state index contributed by atoms with van der Waals surface area (Å²) in [7, 11) is 0. The zero-order valence-corrected chi connectivity index (χ0v) is 11.6. The Morgan fingerprint density at radius 1 is 1.17 bits per heavy atom. The highest BCUT2D eigenvalue weighted by atomic mass is 79.9. The van der Waals surface area contributed by atoms with Crippen molar-refractivity contribution >= 4 is 39.1 Å². The number of benzene rings is 1. The highest BCUT2D eigenvalue weighted by Gasteiger charge is 2.10. The summed E-state index contributed by atoms with van der Waals surface area (Å²) in [6.07, 6.45) is 0.626. The molecule has 0 radical (unpaired) electrons. The summed E-state index contributed by atoms with van der Waals surface area (Å²) in [5.74, 6) is 0. The summed E-state index contributed by atoms with van der Waals surface area (Å²) in [5, 5.41) is -0.180. The number of aldehydes is 1. The summed E-state index contributed by atoms with van der Waals surface area (Å²) in [5.41, 5.74) is 0.546. The molecular formula is C13H8BrNO2S. The van der Waals surface area contributed by atoms with Crippen molar-refractivity contribution in [1.82, 2.24) is 4.98 Å². The van der Waals surface area contributed by atoms with Gasteiger partial charge in [-0.25, -0.2) is 4.98 Å². The summed E-state index contributed by atoms with van der Waals surface area (Å²) < 4.78 is 0.959. The van der Waals surface area contributed by atoms with E-state index in [0.717, 1.165) is 21.1 Å². The van der Waals surface area contributed by atoms with Gasteiger partial charge in [0.25, 0.3) is 0 Å². The number of pyridine rings is 1. The molecule has 1 aromatic heterocycles. The Kier molecular flexibility index (Phi) is 4.28. The van der Waals surface area contributed by atoms with Crippen molar-refractivity contribution in [3.05, 3.63) is 58.3 Å². The van der Waals surface area contributed by atoms with E-state index < -0.39 is 0 Å². The molecule has 0 saturated carbocycles. The second-order valence-electron chi connectivity index (χ2n) is 3.41. The number of hydrogen-bond donors (Lipinski definition) is 0. The van der Waals surface area contributed by atoms with Crippen molar-refractivity contribution in [2.75, 3.05) is 0 Å². The van der Waals surface area contributed by atoms with Crippen LogP contribution in [0.5, 0.6) is 0 Å². The molecule has 90 valence electrons. The van der Waals surface area contributed by atoms with E-state index in [9.17, 15) is 9.59 Å². The summed E-state index contributed by atoms with van der Waals surface area (Å²) in [6.45, 7) is 0. The Morgan fingerprint density at radius 2 is 1.89 bits per heavy atom. The normalized spacial score (nSPS) is 10.1. The minimum absolute atomic E-state index is 0.180. The largest absolute Gasteiger partial charge is 0.296 e. The van der Waals surface area contributed by atoms with Crippen LogP contribution < -0.4 is 0 Å². The zero-order valence-electron chi connectivity index (χ0n) is 9.17. The smallest absolute Gasteiger partial charge is 0.242 e. The summed E-state index contributed by atoms with van der Waals surface area (Å²) >= 11 is 4.42. The molecule has 2 rings (SSSR count). The lowest BCUT2D eigenvalue weighted by Gasteiger charge is -2.01. The van der Waals surface area contributed by atoms with Gasteiger partial charge in [0.2, 0.25) is 5.12 Å². The quantitative estimate of drug-likeness (QED) is 0.640. The van der Waals surface area contributed by atoms with Crippen molar-refractivity contribution in [2.24, 2.45) is 0 Å². The van der Waals surface area contributed by atoms with Crippen LogP contribution in [0.4, 0.5) is 0 Å². The van der Waals surface area contributed by atoms with Crippen LogP contribution in [-0.2, 0) is 0 Å². The van der Waals surface area contributed by atoms with Crippen LogP contribution in [0, 0.1) is 0 Å². The molecule has 0 spiro atoms. The molecule has 0 bridgehead atoms. The third kappa shape index (κ3) is 3.27. The van der Waals surface area contributed by atoms with Crippen molar-refractivity contribution in [2.45, 2.75) is 4.90 Å². The van der Waals surface area contributed by atoms with Crippen LogP contribution in [-0.4, -0.2) is 16.4 Å². The van der Waals surface area contributed by atoms with Gasteiger partial charge in [-0.1, -0.05) is 22.0 Å². The topological polar surface area (TPSA) is 47.0 Å². The fourth-order valence-corrected chi connectivity index (χ4v) is 2.26. The van der Waals surface area contributed by atoms with Crippen LogP contribution in [0.15, 0.2) is 51.8 Å². The number of nitrogens with zero attached hydrogens (tertiary/aromatic N) is 1. The summed E-state index contributed by atoms with van der Waals surface area (Å²) in [6, 6.07) is 12.2. The molecule has 0 atom stereocenters. The minimum Gasteiger partial charge on any atom is -0.296 e. The van der Waals surface area contributed by atoms with Gasteiger partial charge in [-0.2, -0.15) is 0 Å². The first-order valence-electron chi connectivity index (χ1n) is 5.09. The Bertz CT molecular complexity index is 584. The zero-order chi connectivity index (χ0) is 13.0. The fraction of sp³-hybridized carbons (Fsp3) is 0. The first-order valence-corrected chi connectivity index (χ1v) is 6.70. The van der Waals surface area contributed by atoms with Crippen molar-refractivity contribution < 1.29 is 9.59 Å². The molecule has 0 N–H and O–H groups in total. The lowest BCUT2D eigenvalue weighted by atomic mass is 10.3. The molecule has 0 aliphatic heterocycles. The molecule has 5 heteroatoms. The number of halogens is 1. The van der Waals surface area contributed by atoms with E-state index in [1.807, 2.05) is 24.3 Å². The van der Waals surface area contributed by atoms with Gasteiger partial charge < -0.3 is 0 Å². The molecule has 0 aliphatic carbocycles. The second-order valence-corrected chi connectivity index (χ2v) is 5.37. The van der Waals surface area contributed by atoms with Crippen molar-refractivity contribution in [3.8, 4) is 0 Å². The van der Waals surface area contributed by atoms with Gasteiger partial charge in [0.1, 0.15) is 11.4 Å². The highest BCUT2D eigenvalue weighted by molar-refractivity contribution is 9.10. The maximum Gasteiger partial charge on any atom is 0.242 e. The van der Waals surface area contributed by atoms with E-state index in [4.69, 9.17) is 0 Å².